The van der Waals surface area contributed by atoms with Gasteiger partial charge in [-0.15, -0.1) is 0 Å². The summed E-state index contributed by atoms with van der Waals surface area (Å²) >= 11 is 5.15. The summed E-state index contributed by atoms with van der Waals surface area (Å²) in [5, 5.41) is 0. The molecule has 0 saturated heterocycles. The van der Waals surface area contributed by atoms with E-state index in [9.17, 15) is 4.79 Å². The van der Waals surface area contributed by atoms with Crippen LogP contribution in [-0.4, -0.2) is 10.6 Å². The molecule has 1 aliphatic carbocycles. The summed E-state index contributed by atoms with van der Waals surface area (Å²) in [7, 11) is 0. The van der Waals surface area contributed by atoms with Gasteiger partial charge < -0.3 is 0 Å². The zero-order chi connectivity index (χ0) is 10.1. The maximum Gasteiger partial charge on any atom is 0.167 e. The number of allylic oxidation sites excluding steroid dienone is 2. The lowest BCUT2D eigenvalue weighted by molar-refractivity contribution is 0.0994. The largest absolute Gasteiger partial charge is 0.294 e. The third kappa shape index (κ3) is 1.42. The number of carbonyl (C=O) groups is 1. The Morgan fingerprint density at radius 2 is 1.93 bits per heavy atom. The SMILES string of the molecule is CC(=S)C1=CCC(=O)c2ccccc21. The van der Waals surface area contributed by atoms with Crippen LogP contribution in [0.1, 0.15) is 29.3 Å². The van der Waals surface area contributed by atoms with E-state index in [0.717, 1.165) is 21.6 Å². The number of benzene rings is 1. The first kappa shape index (κ1) is 9.28. The minimum atomic E-state index is 0.181. The van der Waals surface area contributed by atoms with Crippen molar-refractivity contribution in [2.24, 2.45) is 0 Å². The number of hydrogen-bond donors (Lipinski definition) is 0. The summed E-state index contributed by atoms with van der Waals surface area (Å²) in [6.07, 6.45) is 2.40. The molecule has 0 N–H and O–H groups in total. The Morgan fingerprint density at radius 3 is 2.57 bits per heavy atom. The molecule has 2 rings (SSSR count). The highest BCUT2D eigenvalue weighted by atomic mass is 32.1. The maximum atomic E-state index is 11.6. The number of thiocarbonyl (C=S) groups is 1. The van der Waals surface area contributed by atoms with Crippen molar-refractivity contribution in [3.05, 3.63) is 41.5 Å². The van der Waals surface area contributed by atoms with Crippen molar-refractivity contribution in [3.8, 4) is 0 Å². The van der Waals surface area contributed by atoms with Crippen molar-refractivity contribution in [2.45, 2.75) is 13.3 Å². The van der Waals surface area contributed by atoms with E-state index in [-0.39, 0.29) is 5.78 Å². The Kier molecular flexibility index (Phi) is 2.30. The average Bonchev–Trinajstić information content (AvgIpc) is 2.18. The number of carbonyl (C=O) groups excluding carboxylic acids is 1. The molecule has 1 aromatic carbocycles. The number of Topliss-reactive ketones (excluding diaryl/α,β-unsaturated/α-hetero) is 1. The molecule has 0 amide bonds. The predicted octanol–water partition coefficient (Wildman–Crippen LogP) is 3.05. The van der Waals surface area contributed by atoms with Gasteiger partial charge in [0, 0.05) is 16.8 Å². The third-order valence-corrected chi connectivity index (χ3v) is 2.61. The van der Waals surface area contributed by atoms with Crippen LogP contribution in [0.4, 0.5) is 0 Å². The second-order valence-corrected chi connectivity index (χ2v) is 3.96. The summed E-state index contributed by atoms with van der Waals surface area (Å²) in [5.74, 6) is 0.181. The predicted molar refractivity (Wildman–Crippen MR) is 61.6 cm³/mol. The van der Waals surface area contributed by atoms with Gasteiger partial charge in [0.25, 0.3) is 0 Å². The van der Waals surface area contributed by atoms with Crippen LogP contribution in [0.5, 0.6) is 0 Å². The number of ketones is 1. The van der Waals surface area contributed by atoms with Crippen LogP contribution < -0.4 is 0 Å². The minimum Gasteiger partial charge on any atom is -0.294 e. The van der Waals surface area contributed by atoms with Crippen LogP contribution in [0, 0.1) is 0 Å². The zero-order valence-electron chi connectivity index (χ0n) is 7.91. The Bertz CT molecular complexity index is 443. The van der Waals surface area contributed by atoms with Crippen LogP contribution in [0.2, 0.25) is 0 Å². The molecule has 70 valence electrons. The highest BCUT2D eigenvalue weighted by Gasteiger charge is 2.18. The molecule has 0 unspecified atom stereocenters. The van der Waals surface area contributed by atoms with Crippen molar-refractivity contribution in [3.63, 3.8) is 0 Å². The van der Waals surface area contributed by atoms with Gasteiger partial charge in [-0.05, 0) is 18.1 Å². The Labute approximate surface area is 88.4 Å². The van der Waals surface area contributed by atoms with Gasteiger partial charge >= 0.3 is 0 Å². The second kappa shape index (κ2) is 3.46. The Hall–Kier alpha value is -1.28. The first-order chi connectivity index (χ1) is 6.70. The molecule has 2 heteroatoms. The van der Waals surface area contributed by atoms with E-state index in [4.69, 9.17) is 12.2 Å². The number of fused-ring (bicyclic) bond motifs is 1. The molecular formula is C12H10OS. The number of rotatable bonds is 1. The van der Waals surface area contributed by atoms with E-state index in [1.54, 1.807) is 0 Å². The molecule has 0 spiro atoms. The minimum absolute atomic E-state index is 0.181. The van der Waals surface area contributed by atoms with Crippen LogP contribution in [0.15, 0.2) is 30.3 Å². The van der Waals surface area contributed by atoms with E-state index in [0.29, 0.717) is 6.42 Å². The van der Waals surface area contributed by atoms with Crippen molar-refractivity contribution in [1.29, 1.82) is 0 Å². The fourth-order valence-corrected chi connectivity index (χ4v) is 1.90. The highest BCUT2D eigenvalue weighted by molar-refractivity contribution is 7.81. The molecule has 1 nitrogen and oxygen atoms in total. The van der Waals surface area contributed by atoms with E-state index in [1.165, 1.54) is 0 Å². The smallest absolute Gasteiger partial charge is 0.167 e. The zero-order valence-corrected chi connectivity index (χ0v) is 8.73. The van der Waals surface area contributed by atoms with E-state index >= 15 is 0 Å². The maximum absolute atomic E-state index is 11.6. The summed E-state index contributed by atoms with van der Waals surface area (Å²) in [6, 6.07) is 7.64. The third-order valence-electron chi connectivity index (χ3n) is 2.39. The van der Waals surface area contributed by atoms with Crippen LogP contribution in [-0.2, 0) is 0 Å². The fraction of sp³-hybridized carbons (Fsp3) is 0.167. The van der Waals surface area contributed by atoms with Gasteiger partial charge in [0.15, 0.2) is 5.78 Å². The van der Waals surface area contributed by atoms with Gasteiger partial charge in [-0.1, -0.05) is 42.6 Å². The lowest BCUT2D eigenvalue weighted by Gasteiger charge is -2.15. The lowest BCUT2D eigenvalue weighted by Crippen LogP contribution is -2.10. The quantitative estimate of drug-likeness (QED) is 0.651. The fourth-order valence-electron chi connectivity index (χ4n) is 1.71. The molecule has 0 bridgehead atoms. The van der Waals surface area contributed by atoms with Gasteiger partial charge in [-0.2, -0.15) is 0 Å². The summed E-state index contributed by atoms with van der Waals surface area (Å²) in [4.78, 5) is 12.4. The molecule has 1 aromatic rings. The molecule has 0 saturated carbocycles. The van der Waals surface area contributed by atoms with Crippen molar-refractivity contribution in [2.75, 3.05) is 0 Å². The van der Waals surface area contributed by atoms with E-state index in [1.807, 2.05) is 37.3 Å². The average molecular weight is 202 g/mol. The van der Waals surface area contributed by atoms with Crippen molar-refractivity contribution >= 4 is 28.4 Å². The molecule has 0 aliphatic heterocycles. The molecule has 0 aromatic heterocycles. The van der Waals surface area contributed by atoms with Crippen molar-refractivity contribution < 1.29 is 4.79 Å². The number of hydrogen-bond acceptors (Lipinski definition) is 2. The molecule has 0 atom stereocenters. The molecule has 1 aliphatic rings. The standard InChI is InChI=1S/C12H10OS/c1-8(14)9-6-7-12(13)11-5-3-2-4-10(9)11/h2-6H,7H2,1H3. The van der Waals surface area contributed by atoms with Crippen LogP contribution in [0.3, 0.4) is 0 Å². The van der Waals surface area contributed by atoms with Gasteiger partial charge in [-0.3, -0.25) is 4.79 Å². The summed E-state index contributed by atoms with van der Waals surface area (Å²) in [5.41, 5.74) is 2.82. The molecule has 14 heavy (non-hydrogen) atoms. The lowest BCUT2D eigenvalue weighted by atomic mass is 9.89. The first-order valence-electron chi connectivity index (χ1n) is 4.54. The summed E-state index contributed by atoms with van der Waals surface area (Å²) in [6.45, 7) is 1.90. The highest BCUT2D eigenvalue weighted by Crippen LogP contribution is 2.27. The van der Waals surface area contributed by atoms with Crippen molar-refractivity contribution in [1.82, 2.24) is 0 Å². The normalized spacial score (nSPS) is 14.6. The molecule has 0 heterocycles. The van der Waals surface area contributed by atoms with E-state index < -0.39 is 0 Å². The Morgan fingerprint density at radius 1 is 1.29 bits per heavy atom. The van der Waals surface area contributed by atoms with E-state index in [2.05, 4.69) is 0 Å². The molecule has 0 radical (unpaired) electrons. The topological polar surface area (TPSA) is 17.1 Å². The van der Waals surface area contributed by atoms with Gasteiger partial charge in [0.05, 0.1) is 0 Å². The molecule has 0 fully saturated rings. The Balaban J connectivity index is 2.62. The van der Waals surface area contributed by atoms with Crippen LogP contribution >= 0.6 is 12.2 Å². The van der Waals surface area contributed by atoms with Gasteiger partial charge in [-0.25, -0.2) is 0 Å². The van der Waals surface area contributed by atoms with Gasteiger partial charge in [0.2, 0.25) is 0 Å². The summed E-state index contributed by atoms with van der Waals surface area (Å²) < 4.78 is 0. The van der Waals surface area contributed by atoms with Crippen LogP contribution in [0.25, 0.3) is 5.57 Å². The van der Waals surface area contributed by atoms with Gasteiger partial charge in [0.1, 0.15) is 0 Å². The monoisotopic (exact) mass is 202 g/mol. The first-order valence-corrected chi connectivity index (χ1v) is 4.94. The molecular weight excluding hydrogens is 192 g/mol. The second-order valence-electron chi connectivity index (χ2n) is 3.35.